The largest absolute Gasteiger partial charge is 0.352 e. The monoisotopic (exact) mass is 289 g/mol. The van der Waals surface area contributed by atoms with Crippen LogP contribution < -0.4 is 5.32 Å². The van der Waals surface area contributed by atoms with E-state index in [2.05, 4.69) is 5.32 Å². The van der Waals surface area contributed by atoms with E-state index in [-0.39, 0.29) is 29.1 Å². The number of nitrogens with one attached hydrogen (secondary N) is 1. The first kappa shape index (κ1) is 13.9. The molecule has 1 aliphatic heterocycles. The Morgan fingerprint density at radius 2 is 2.05 bits per heavy atom. The molecule has 0 aliphatic carbocycles. The van der Waals surface area contributed by atoms with E-state index in [0.717, 1.165) is 18.2 Å². The van der Waals surface area contributed by atoms with Gasteiger partial charge in [0.1, 0.15) is 5.82 Å². The molecule has 2 rings (SSSR count). The van der Waals surface area contributed by atoms with Crippen molar-refractivity contribution in [2.45, 2.75) is 19.3 Å². The average Bonchev–Trinajstić information content (AvgIpc) is 2.31. The van der Waals surface area contributed by atoms with Gasteiger partial charge in [0.25, 0.3) is 5.92 Å². The van der Waals surface area contributed by atoms with Gasteiger partial charge >= 0.3 is 0 Å². The van der Waals surface area contributed by atoms with E-state index in [9.17, 15) is 18.0 Å². The Labute approximate surface area is 113 Å². The molecule has 2 nitrogen and oxygen atoms in total. The molecule has 1 N–H and O–H groups in total. The molecule has 1 amide bonds. The third-order valence-electron chi connectivity index (χ3n) is 2.89. The zero-order valence-corrected chi connectivity index (χ0v) is 10.8. The van der Waals surface area contributed by atoms with Crippen molar-refractivity contribution in [2.75, 3.05) is 6.54 Å². The summed E-state index contributed by atoms with van der Waals surface area (Å²) in [6.45, 7) is 0.966. The number of carbonyl (C=O) groups excluding carboxylic acids is 1. The Hall–Kier alpha value is -1.49. The summed E-state index contributed by atoms with van der Waals surface area (Å²) in [4.78, 5) is 11.3. The van der Waals surface area contributed by atoms with E-state index < -0.39 is 23.2 Å². The molecule has 0 unspecified atom stereocenters. The van der Waals surface area contributed by atoms with Gasteiger partial charge in [-0.1, -0.05) is 17.7 Å². The van der Waals surface area contributed by atoms with Gasteiger partial charge in [0.15, 0.2) is 0 Å². The lowest BCUT2D eigenvalue weighted by atomic mass is 9.92. The second kappa shape index (κ2) is 4.89. The number of hydrogen-bond donors (Lipinski definition) is 1. The van der Waals surface area contributed by atoms with Crippen molar-refractivity contribution in [1.29, 1.82) is 0 Å². The summed E-state index contributed by atoms with van der Waals surface area (Å²) in [6.07, 6.45) is 1.42. The SMILES string of the molecule is CC(F)(F)c1ccc(Cl)c(F)c1C1=CC(=O)NCC1. The number of hydrogen-bond acceptors (Lipinski definition) is 1. The maximum atomic E-state index is 14.1. The molecule has 6 heteroatoms. The molecular weight excluding hydrogens is 279 g/mol. The van der Waals surface area contributed by atoms with Crippen LogP contribution in [0.3, 0.4) is 0 Å². The van der Waals surface area contributed by atoms with Crippen LogP contribution in [0.15, 0.2) is 18.2 Å². The van der Waals surface area contributed by atoms with Crippen molar-refractivity contribution in [3.63, 3.8) is 0 Å². The van der Waals surface area contributed by atoms with Crippen LogP contribution in [0.1, 0.15) is 24.5 Å². The number of rotatable bonds is 2. The number of halogens is 4. The van der Waals surface area contributed by atoms with Crippen molar-refractivity contribution in [3.8, 4) is 0 Å². The summed E-state index contributed by atoms with van der Waals surface area (Å²) in [5.74, 6) is -4.55. The van der Waals surface area contributed by atoms with Crippen LogP contribution in [-0.2, 0) is 10.7 Å². The van der Waals surface area contributed by atoms with E-state index in [0.29, 0.717) is 6.92 Å². The van der Waals surface area contributed by atoms with Gasteiger partial charge < -0.3 is 5.32 Å². The van der Waals surface area contributed by atoms with Crippen molar-refractivity contribution < 1.29 is 18.0 Å². The van der Waals surface area contributed by atoms with Crippen LogP contribution in [-0.4, -0.2) is 12.5 Å². The molecule has 0 radical (unpaired) electrons. The Morgan fingerprint density at radius 3 is 2.63 bits per heavy atom. The molecule has 19 heavy (non-hydrogen) atoms. The van der Waals surface area contributed by atoms with Crippen LogP contribution in [0.4, 0.5) is 13.2 Å². The van der Waals surface area contributed by atoms with Gasteiger partial charge in [-0.15, -0.1) is 0 Å². The Kier molecular flexibility index (Phi) is 3.58. The topological polar surface area (TPSA) is 29.1 Å². The zero-order valence-electron chi connectivity index (χ0n) is 10.1. The van der Waals surface area contributed by atoms with E-state index in [1.54, 1.807) is 0 Å². The molecule has 0 atom stereocenters. The standard InChI is InChI=1S/C13H11ClF3NO/c1-13(16,17)8-2-3-9(14)12(15)11(8)7-4-5-18-10(19)6-7/h2-3,6H,4-5H2,1H3,(H,18,19). The van der Waals surface area contributed by atoms with Gasteiger partial charge in [-0.3, -0.25) is 4.79 Å². The molecule has 0 fully saturated rings. The maximum absolute atomic E-state index is 14.1. The van der Waals surface area contributed by atoms with Gasteiger partial charge in [0, 0.05) is 30.7 Å². The molecule has 0 saturated carbocycles. The minimum atomic E-state index is -3.21. The number of alkyl halides is 2. The molecule has 1 aromatic rings. The molecule has 1 heterocycles. The number of amides is 1. The summed E-state index contributed by atoms with van der Waals surface area (Å²) in [7, 11) is 0. The zero-order chi connectivity index (χ0) is 14.2. The summed E-state index contributed by atoms with van der Waals surface area (Å²) >= 11 is 5.64. The quantitative estimate of drug-likeness (QED) is 0.887. The van der Waals surface area contributed by atoms with Gasteiger partial charge in [-0.2, -0.15) is 0 Å². The maximum Gasteiger partial charge on any atom is 0.271 e. The fourth-order valence-electron chi connectivity index (χ4n) is 2.03. The second-order valence-corrected chi connectivity index (χ2v) is 4.79. The normalized spacial score (nSPS) is 16.1. The molecule has 102 valence electrons. The second-order valence-electron chi connectivity index (χ2n) is 4.38. The number of benzene rings is 1. The molecule has 1 aromatic carbocycles. The Bertz CT molecular complexity index is 564. The molecule has 0 aromatic heterocycles. The molecule has 0 bridgehead atoms. The van der Waals surface area contributed by atoms with Crippen LogP contribution >= 0.6 is 11.6 Å². The highest BCUT2D eigenvalue weighted by Crippen LogP contribution is 2.38. The lowest BCUT2D eigenvalue weighted by molar-refractivity contribution is -0.116. The predicted molar refractivity (Wildman–Crippen MR) is 66.6 cm³/mol. The van der Waals surface area contributed by atoms with Crippen LogP contribution in [0.25, 0.3) is 5.57 Å². The Balaban J connectivity index is 2.66. The average molecular weight is 290 g/mol. The summed E-state index contributed by atoms with van der Waals surface area (Å²) < 4.78 is 41.1. The van der Waals surface area contributed by atoms with E-state index in [1.807, 2.05) is 0 Å². The first-order chi connectivity index (χ1) is 8.80. The molecule has 1 aliphatic rings. The minimum Gasteiger partial charge on any atom is -0.352 e. The third-order valence-corrected chi connectivity index (χ3v) is 3.18. The van der Waals surface area contributed by atoms with Gasteiger partial charge in [-0.05, 0) is 18.1 Å². The van der Waals surface area contributed by atoms with Crippen molar-refractivity contribution >= 4 is 23.1 Å². The smallest absolute Gasteiger partial charge is 0.271 e. The van der Waals surface area contributed by atoms with Crippen LogP contribution in [0.5, 0.6) is 0 Å². The van der Waals surface area contributed by atoms with Crippen LogP contribution in [0.2, 0.25) is 5.02 Å². The summed E-state index contributed by atoms with van der Waals surface area (Å²) in [5.41, 5.74) is -0.495. The van der Waals surface area contributed by atoms with E-state index in [4.69, 9.17) is 11.6 Å². The highest BCUT2D eigenvalue weighted by Gasteiger charge is 2.32. The van der Waals surface area contributed by atoms with E-state index >= 15 is 0 Å². The molecule has 0 spiro atoms. The van der Waals surface area contributed by atoms with E-state index in [1.165, 1.54) is 0 Å². The number of carbonyl (C=O) groups is 1. The first-order valence-electron chi connectivity index (χ1n) is 5.66. The van der Waals surface area contributed by atoms with Crippen LogP contribution in [0, 0.1) is 5.82 Å². The first-order valence-corrected chi connectivity index (χ1v) is 6.03. The van der Waals surface area contributed by atoms with Crippen molar-refractivity contribution in [3.05, 3.63) is 40.2 Å². The summed E-state index contributed by atoms with van der Waals surface area (Å²) in [6, 6.07) is 2.19. The summed E-state index contributed by atoms with van der Waals surface area (Å²) in [5, 5.41) is 2.27. The lowest BCUT2D eigenvalue weighted by Gasteiger charge is -2.21. The molecular formula is C13H11ClF3NO. The Morgan fingerprint density at radius 1 is 1.37 bits per heavy atom. The third kappa shape index (κ3) is 2.76. The minimum absolute atomic E-state index is 0.236. The fraction of sp³-hybridized carbons (Fsp3) is 0.308. The van der Waals surface area contributed by atoms with Gasteiger partial charge in [0.2, 0.25) is 5.91 Å². The fourth-order valence-corrected chi connectivity index (χ4v) is 2.19. The highest BCUT2D eigenvalue weighted by molar-refractivity contribution is 6.31. The van der Waals surface area contributed by atoms with Gasteiger partial charge in [0.05, 0.1) is 5.02 Å². The van der Waals surface area contributed by atoms with Gasteiger partial charge in [-0.25, -0.2) is 13.2 Å². The van der Waals surface area contributed by atoms with Crippen molar-refractivity contribution in [2.24, 2.45) is 0 Å². The predicted octanol–water partition coefficient (Wildman–Crippen LogP) is 3.49. The lowest BCUT2D eigenvalue weighted by Crippen LogP contribution is -2.27. The molecule has 0 saturated heterocycles. The highest BCUT2D eigenvalue weighted by atomic mass is 35.5. The van der Waals surface area contributed by atoms with Crippen molar-refractivity contribution in [1.82, 2.24) is 5.32 Å².